The maximum Gasteiger partial charge on any atom is 0.226 e. The van der Waals surface area contributed by atoms with Crippen LogP contribution in [-0.2, 0) is 16.6 Å². The fourth-order valence-corrected chi connectivity index (χ4v) is 2.50. The summed E-state index contributed by atoms with van der Waals surface area (Å²) in [5.74, 6) is 1.10. The van der Waals surface area contributed by atoms with E-state index in [4.69, 9.17) is 9.78 Å². The number of thiophene rings is 1. The number of anilines is 1. The molecule has 6 nitrogen and oxygen atoms in total. The van der Waals surface area contributed by atoms with Crippen LogP contribution in [0.5, 0.6) is 0 Å². The Morgan fingerprint density at radius 3 is 2.91 bits per heavy atom. The predicted octanol–water partition coefficient (Wildman–Crippen LogP) is 3.26. The minimum Gasteiger partial charge on any atom is -0.339 e. The van der Waals surface area contributed by atoms with Gasteiger partial charge in [0, 0.05) is 18.3 Å². The van der Waals surface area contributed by atoms with E-state index >= 15 is 0 Å². The molecule has 0 saturated heterocycles. The van der Waals surface area contributed by atoms with Gasteiger partial charge in [-0.2, -0.15) is 10.2 Å². The first-order valence-corrected chi connectivity index (χ1v) is 7.88. The second kappa shape index (κ2) is 6.71. The lowest BCUT2D eigenvalue weighted by atomic mass is 9.96. The molecule has 0 spiro atoms. The normalized spacial score (nSPS) is 11.2. The third-order valence-electron chi connectivity index (χ3n) is 2.97. The van der Waals surface area contributed by atoms with E-state index in [9.17, 15) is 4.79 Å². The molecule has 0 radical (unpaired) electrons. The molecule has 0 aliphatic heterocycles. The van der Waals surface area contributed by atoms with E-state index in [2.05, 4.69) is 15.5 Å². The summed E-state index contributed by atoms with van der Waals surface area (Å²) in [6.45, 7) is 6.05. The largest absolute Gasteiger partial charge is 0.339 e. The minimum atomic E-state index is -0.147. The number of nitriles is 1. The number of amides is 1. The van der Waals surface area contributed by atoms with Crippen LogP contribution in [0.25, 0.3) is 0 Å². The van der Waals surface area contributed by atoms with Gasteiger partial charge in [0.25, 0.3) is 0 Å². The Labute approximate surface area is 133 Å². The van der Waals surface area contributed by atoms with Crippen molar-refractivity contribution < 1.29 is 9.32 Å². The summed E-state index contributed by atoms with van der Waals surface area (Å²) >= 11 is 1.34. The van der Waals surface area contributed by atoms with Crippen molar-refractivity contribution >= 4 is 22.2 Å². The molecular formula is C15H18N4O2S. The van der Waals surface area contributed by atoms with Gasteiger partial charge in [-0.3, -0.25) is 4.79 Å². The second-order valence-electron chi connectivity index (χ2n) is 5.94. The monoisotopic (exact) mass is 318 g/mol. The molecule has 0 aliphatic carbocycles. The molecular weight excluding hydrogens is 300 g/mol. The zero-order valence-electron chi connectivity index (χ0n) is 12.8. The molecule has 0 aliphatic rings. The van der Waals surface area contributed by atoms with E-state index < -0.39 is 0 Å². The lowest BCUT2D eigenvalue weighted by molar-refractivity contribution is -0.116. The van der Waals surface area contributed by atoms with Gasteiger partial charge >= 0.3 is 0 Å². The standard InChI is InChI=1S/C15H18N4O2S/c1-15(2,3)14-18-12(21-19-14)6-4-5-11(20)17-13-10(9-16)7-8-22-13/h7-8H,4-6H2,1-3H3,(H,17,20). The lowest BCUT2D eigenvalue weighted by Gasteiger charge is -2.10. The highest BCUT2D eigenvalue weighted by Crippen LogP contribution is 2.22. The fourth-order valence-electron chi connectivity index (χ4n) is 1.74. The molecule has 0 aromatic carbocycles. The van der Waals surface area contributed by atoms with E-state index in [-0.39, 0.29) is 11.3 Å². The van der Waals surface area contributed by atoms with Crippen LogP contribution in [0.2, 0.25) is 0 Å². The van der Waals surface area contributed by atoms with Gasteiger partial charge in [-0.1, -0.05) is 25.9 Å². The Morgan fingerprint density at radius 2 is 2.27 bits per heavy atom. The first kappa shape index (κ1) is 16.2. The molecule has 0 atom stereocenters. The maximum atomic E-state index is 11.9. The van der Waals surface area contributed by atoms with Gasteiger partial charge in [-0.25, -0.2) is 0 Å². The highest BCUT2D eigenvalue weighted by atomic mass is 32.1. The van der Waals surface area contributed by atoms with Crippen molar-refractivity contribution in [1.82, 2.24) is 10.1 Å². The number of aryl methyl sites for hydroxylation is 1. The van der Waals surface area contributed by atoms with Gasteiger partial charge in [-0.05, 0) is 17.9 Å². The quantitative estimate of drug-likeness (QED) is 0.913. The van der Waals surface area contributed by atoms with Crippen LogP contribution in [0, 0.1) is 11.3 Å². The summed E-state index contributed by atoms with van der Waals surface area (Å²) in [6.07, 6.45) is 1.52. The predicted molar refractivity (Wildman–Crippen MR) is 83.6 cm³/mol. The molecule has 0 fully saturated rings. The number of hydrogen-bond donors (Lipinski definition) is 1. The molecule has 0 unspecified atom stereocenters. The molecule has 2 rings (SSSR count). The van der Waals surface area contributed by atoms with Crippen molar-refractivity contribution in [3.05, 3.63) is 28.7 Å². The van der Waals surface area contributed by atoms with Crippen LogP contribution in [-0.4, -0.2) is 16.0 Å². The van der Waals surface area contributed by atoms with Crippen LogP contribution in [0.1, 0.15) is 50.9 Å². The van der Waals surface area contributed by atoms with Crippen molar-refractivity contribution in [3.63, 3.8) is 0 Å². The zero-order valence-corrected chi connectivity index (χ0v) is 13.7. The average Bonchev–Trinajstić information content (AvgIpc) is 3.07. The number of nitrogens with one attached hydrogen (secondary N) is 1. The second-order valence-corrected chi connectivity index (χ2v) is 6.85. The first-order chi connectivity index (χ1) is 10.4. The molecule has 116 valence electrons. The SMILES string of the molecule is CC(C)(C)c1noc(CCCC(=O)Nc2sccc2C#N)n1. The smallest absolute Gasteiger partial charge is 0.226 e. The Balaban J connectivity index is 1.80. The third kappa shape index (κ3) is 4.15. The molecule has 1 amide bonds. The number of carbonyl (C=O) groups excluding carboxylic acids is 1. The van der Waals surface area contributed by atoms with Crippen molar-refractivity contribution in [2.24, 2.45) is 0 Å². The van der Waals surface area contributed by atoms with E-state index in [1.807, 2.05) is 26.8 Å². The first-order valence-electron chi connectivity index (χ1n) is 7.00. The molecule has 7 heteroatoms. The topological polar surface area (TPSA) is 91.8 Å². The van der Waals surface area contributed by atoms with Crippen LogP contribution < -0.4 is 5.32 Å². The number of nitrogens with zero attached hydrogens (tertiary/aromatic N) is 3. The van der Waals surface area contributed by atoms with Crippen molar-refractivity contribution in [1.29, 1.82) is 5.26 Å². The zero-order chi connectivity index (χ0) is 16.2. The Morgan fingerprint density at radius 1 is 1.50 bits per heavy atom. The fraction of sp³-hybridized carbons (Fsp3) is 0.467. The van der Waals surface area contributed by atoms with Gasteiger partial charge in [-0.15, -0.1) is 11.3 Å². The molecule has 0 bridgehead atoms. The maximum absolute atomic E-state index is 11.9. The van der Waals surface area contributed by atoms with Crippen molar-refractivity contribution in [2.75, 3.05) is 5.32 Å². The molecule has 2 aromatic rings. The summed E-state index contributed by atoms with van der Waals surface area (Å²) in [7, 11) is 0. The molecule has 22 heavy (non-hydrogen) atoms. The van der Waals surface area contributed by atoms with E-state index in [0.29, 0.717) is 41.5 Å². The Kier molecular flexibility index (Phi) is 4.93. The molecule has 1 N–H and O–H groups in total. The van der Waals surface area contributed by atoms with E-state index in [1.54, 1.807) is 11.4 Å². The highest BCUT2D eigenvalue weighted by molar-refractivity contribution is 7.14. The minimum absolute atomic E-state index is 0.116. The summed E-state index contributed by atoms with van der Waals surface area (Å²) in [6, 6.07) is 3.73. The molecule has 2 aromatic heterocycles. The van der Waals surface area contributed by atoms with Crippen LogP contribution >= 0.6 is 11.3 Å². The van der Waals surface area contributed by atoms with Gasteiger partial charge in [0.2, 0.25) is 11.8 Å². The Hall–Kier alpha value is -2.20. The third-order valence-corrected chi connectivity index (χ3v) is 3.80. The summed E-state index contributed by atoms with van der Waals surface area (Å²) < 4.78 is 5.18. The van der Waals surface area contributed by atoms with Crippen molar-refractivity contribution in [2.45, 2.75) is 45.4 Å². The summed E-state index contributed by atoms with van der Waals surface area (Å²) in [5.41, 5.74) is 0.344. The van der Waals surface area contributed by atoms with Gasteiger partial charge in [0.05, 0.1) is 5.56 Å². The number of hydrogen-bond acceptors (Lipinski definition) is 6. The lowest BCUT2D eigenvalue weighted by Crippen LogP contribution is -2.13. The molecule has 0 saturated carbocycles. The summed E-state index contributed by atoms with van der Waals surface area (Å²) in [4.78, 5) is 16.2. The average molecular weight is 318 g/mol. The number of carbonyl (C=O) groups is 1. The summed E-state index contributed by atoms with van der Waals surface area (Å²) in [5, 5.41) is 18.0. The number of aromatic nitrogens is 2. The Bertz CT molecular complexity index is 691. The van der Waals surface area contributed by atoms with Gasteiger partial charge in [0.1, 0.15) is 11.1 Å². The van der Waals surface area contributed by atoms with Crippen LogP contribution in [0.3, 0.4) is 0 Å². The van der Waals surface area contributed by atoms with E-state index in [0.717, 1.165) is 0 Å². The van der Waals surface area contributed by atoms with Gasteiger partial charge < -0.3 is 9.84 Å². The highest BCUT2D eigenvalue weighted by Gasteiger charge is 2.20. The van der Waals surface area contributed by atoms with E-state index in [1.165, 1.54) is 11.3 Å². The van der Waals surface area contributed by atoms with Crippen molar-refractivity contribution in [3.8, 4) is 6.07 Å². The molecule has 2 heterocycles. The number of rotatable bonds is 5. The van der Waals surface area contributed by atoms with Gasteiger partial charge in [0.15, 0.2) is 5.82 Å². The van der Waals surface area contributed by atoms with Crippen LogP contribution in [0.4, 0.5) is 5.00 Å². The van der Waals surface area contributed by atoms with Crippen LogP contribution in [0.15, 0.2) is 16.0 Å².